The summed E-state index contributed by atoms with van der Waals surface area (Å²) in [6.07, 6.45) is 0.231. The molecule has 3 aliphatic rings. The molecule has 1 atom stereocenters. The van der Waals surface area contributed by atoms with E-state index < -0.39 is 0 Å². The van der Waals surface area contributed by atoms with E-state index >= 15 is 0 Å². The first-order valence-electron chi connectivity index (χ1n) is 9.70. The SMILES string of the molecule is CC(Nc1ccc2c(c1)CO/C2=C1/C(=O)Nc2ccccc21)N1CCOCC1. The van der Waals surface area contributed by atoms with Crippen LogP contribution in [-0.2, 0) is 20.9 Å². The van der Waals surface area contributed by atoms with Crippen LogP contribution in [0.25, 0.3) is 11.3 Å². The van der Waals surface area contributed by atoms with E-state index in [1.807, 2.05) is 30.3 Å². The summed E-state index contributed by atoms with van der Waals surface area (Å²) in [5.41, 5.74) is 5.51. The number of nitrogens with zero attached hydrogens (tertiary/aromatic N) is 1. The van der Waals surface area contributed by atoms with Gasteiger partial charge in [0.1, 0.15) is 12.4 Å². The topological polar surface area (TPSA) is 62.8 Å². The van der Waals surface area contributed by atoms with Crippen LogP contribution < -0.4 is 10.6 Å². The van der Waals surface area contributed by atoms with Gasteiger partial charge in [0.25, 0.3) is 5.91 Å². The minimum absolute atomic E-state index is 0.104. The highest BCUT2D eigenvalue weighted by atomic mass is 16.5. The first-order valence-corrected chi connectivity index (χ1v) is 9.70. The Morgan fingerprint density at radius 3 is 2.79 bits per heavy atom. The number of amides is 1. The van der Waals surface area contributed by atoms with Gasteiger partial charge in [-0.15, -0.1) is 0 Å². The van der Waals surface area contributed by atoms with Gasteiger partial charge in [-0.3, -0.25) is 9.69 Å². The molecule has 28 heavy (non-hydrogen) atoms. The van der Waals surface area contributed by atoms with Crippen LogP contribution in [0.5, 0.6) is 0 Å². The van der Waals surface area contributed by atoms with Gasteiger partial charge in [-0.2, -0.15) is 0 Å². The Hall–Kier alpha value is -2.83. The second-order valence-electron chi connectivity index (χ2n) is 7.33. The van der Waals surface area contributed by atoms with Gasteiger partial charge < -0.3 is 20.1 Å². The fourth-order valence-electron chi connectivity index (χ4n) is 4.10. The Labute approximate surface area is 164 Å². The van der Waals surface area contributed by atoms with Gasteiger partial charge in [-0.05, 0) is 31.2 Å². The lowest BCUT2D eigenvalue weighted by Gasteiger charge is -2.33. The van der Waals surface area contributed by atoms with Gasteiger partial charge in [0.15, 0.2) is 0 Å². The third kappa shape index (κ3) is 2.95. The standard InChI is InChI=1S/C22H23N3O3/c1-14(25-8-10-27-11-9-25)23-16-6-7-17-15(12-16)13-28-21(17)20-18-4-2-3-5-19(18)24-22(20)26/h2-7,12,14,23H,8-11,13H2,1H3,(H,24,26)/b21-20+. The lowest BCUT2D eigenvalue weighted by molar-refractivity contribution is -0.110. The van der Waals surface area contributed by atoms with Crippen molar-refractivity contribution < 1.29 is 14.3 Å². The number of hydrogen-bond acceptors (Lipinski definition) is 5. The van der Waals surface area contributed by atoms with Crippen molar-refractivity contribution in [3.05, 3.63) is 59.2 Å². The quantitative estimate of drug-likeness (QED) is 0.805. The predicted molar refractivity (Wildman–Crippen MR) is 109 cm³/mol. The molecule has 6 nitrogen and oxygen atoms in total. The van der Waals surface area contributed by atoms with E-state index in [2.05, 4.69) is 34.6 Å². The highest BCUT2D eigenvalue weighted by molar-refractivity contribution is 6.36. The molecule has 1 amide bonds. The summed E-state index contributed by atoms with van der Waals surface area (Å²) in [5, 5.41) is 6.49. The van der Waals surface area contributed by atoms with E-state index in [-0.39, 0.29) is 12.1 Å². The summed E-state index contributed by atoms with van der Waals surface area (Å²) < 4.78 is 11.4. The second-order valence-corrected chi connectivity index (χ2v) is 7.33. The van der Waals surface area contributed by atoms with Crippen LogP contribution in [0.4, 0.5) is 11.4 Å². The zero-order valence-corrected chi connectivity index (χ0v) is 15.8. The largest absolute Gasteiger partial charge is 0.487 e. The van der Waals surface area contributed by atoms with E-state index in [9.17, 15) is 4.79 Å². The molecule has 2 N–H and O–H groups in total. The van der Waals surface area contributed by atoms with Crippen molar-refractivity contribution in [3.63, 3.8) is 0 Å². The van der Waals surface area contributed by atoms with Gasteiger partial charge in [0.2, 0.25) is 0 Å². The summed E-state index contributed by atoms with van der Waals surface area (Å²) in [5.74, 6) is 0.567. The fourth-order valence-corrected chi connectivity index (χ4v) is 4.10. The molecule has 144 valence electrons. The molecular weight excluding hydrogens is 354 g/mol. The van der Waals surface area contributed by atoms with E-state index in [1.54, 1.807) is 0 Å². The smallest absolute Gasteiger partial charge is 0.260 e. The third-order valence-corrected chi connectivity index (χ3v) is 5.59. The van der Waals surface area contributed by atoms with Crippen LogP contribution in [-0.4, -0.2) is 43.3 Å². The molecule has 3 heterocycles. The van der Waals surface area contributed by atoms with Crippen molar-refractivity contribution in [2.75, 3.05) is 36.9 Å². The zero-order chi connectivity index (χ0) is 19.1. The molecule has 1 unspecified atom stereocenters. The molecule has 2 aromatic rings. The number of ether oxygens (including phenoxy) is 2. The third-order valence-electron chi connectivity index (χ3n) is 5.59. The number of para-hydroxylation sites is 1. The maximum atomic E-state index is 12.5. The van der Waals surface area contributed by atoms with E-state index in [1.165, 1.54) is 0 Å². The number of hydrogen-bond donors (Lipinski definition) is 2. The molecule has 5 rings (SSSR count). The minimum atomic E-state index is -0.104. The molecule has 6 heteroatoms. The van der Waals surface area contributed by atoms with Crippen LogP contribution >= 0.6 is 0 Å². The van der Waals surface area contributed by atoms with Crippen molar-refractivity contribution >= 4 is 28.6 Å². The lowest BCUT2D eigenvalue weighted by atomic mass is 10.00. The van der Waals surface area contributed by atoms with Gasteiger partial charge >= 0.3 is 0 Å². The molecule has 0 bridgehead atoms. The van der Waals surface area contributed by atoms with Gasteiger partial charge in [0.05, 0.1) is 25.0 Å². The number of benzene rings is 2. The van der Waals surface area contributed by atoms with E-state index in [0.717, 1.165) is 54.4 Å². The molecule has 3 aliphatic heterocycles. The molecule has 1 saturated heterocycles. The highest BCUT2D eigenvalue weighted by Crippen LogP contribution is 2.41. The van der Waals surface area contributed by atoms with Gasteiger partial charge in [-0.25, -0.2) is 0 Å². The number of carbonyl (C=O) groups is 1. The molecule has 0 aromatic heterocycles. The second kappa shape index (κ2) is 6.96. The summed E-state index contributed by atoms with van der Waals surface area (Å²) >= 11 is 0. The van der Waals surface area contributed by atoms with Crippen LogP contribution in [0.3, 0.4) is 0 Å². The zero-order valence-electron chi connectivity index (χ0n) is 15.8. The van der Waals surface area contributed by atoms with E-state index in [4.69, 9.17) is 9.47 Å². The van der Waals surface area contributed by atoms with Gasteiger partial charge in [0, 0.05) is 41.2 Å². The molecule has 1 fully saturated rings. The molecule has 2 aromatic carbocycles. The van der Waals surface area contributed by atoms with Crippen LogP contribution in [0.15, 0.2) is 42.5 Å². The number of carbonyl (C=O) groups excluding carboxylic acids is 1. The Bertz CT molecular complexity index is 963. The normalized spacial score (nSPS) is 22.2. The number of anilines is 2. The van der Waals surface area contributed by atoms with E-state index in [0.29, 0.717) is 17.9 Å². The number of nitrogens with one attached hydrogen (secondary N) is 2. The Balaban J connectivity index is 1.42. The lowest BCUT2D eigenvalue weighted by Crippen LogP contribution is -2.45. The summed E-state index contributed by atoms with van der Waals surface area (Å²) in [4.78, 5) is 14.9. The van der Waals surface area contributed by atoms with Crippen molar-refractivity contribution in [2.24, 2.45) is 0 Å². The average Bonchev–Trinajstić information content (AvgIpc) is 3.27. The fraction of sp³-hybridized carbons (Fsp3) is 0.318. The monoisotopic (exact) mass is 377 g/mol. The Kier molecular flexibility index (Phi) is 4.30. The van der Waals surface area contributed by atoms with Crippen molar-refractivity contribution in [1.29, 1.82) is 0 Å². The van der Waals surface area contributed by atoms with Crippen LogP contribution in [0.2, 0.25) is 0 Å². The molecular formula is C22H23N3O3. The molecule has 0 aliphatic carbocycles. The molecule has 0 radical (unpaired) electrons. The first-order chi connectivity index (χ1) is 13.7. The van der Waals surface area contributed by atoms with Crippen molar-refractivity contribution in [2.45, 2.75) is 19.7 Å². The van der Waals surface area contributed by atoms with Gasteiger partial charge in [-0.1, -0.05) is 18.2 Å². The molecule has 0 saturated carbocycles. The molecule has 0 spiro atoms. The number of morpholine rings is 1. The summed E-state index contributed by atoms with van der Waals surface area (Å²) in [6.45, 7) is 6.09. The van der Waals surface area contributed by atoms with Crippen LogP contribution in [0.1, 0.15) is 23.6 Å². The predicted octanol–water partition coefficient (Wildman–Crippen LogP) is 3.13. The number of rotatable bonds is 3. The van der Waals surface area contributed by atoms with Crippen molar-refractivity contribution in [3.8, 4) is 0 Å². The Morgan fingerprint density at radius 2 is 1.93 bits per heavy atom. The van der Waals surface area contributed by atoms with Crippen LogP contribution in [0, 0.1) is 0 Å². The summed E-state index contributed by atoms with van der Waals surface area (Å²) in [7, 11) is 0. The minimum Gasteiger partial charge on any atom is -0.487 e. The van der Waals surface area contributed by atoms with Crippen molar-refractivity contribution in [1.82, 2.24) is 4.90 Å². The highest BCUT2D eigenvalue weighted by Gasteiger charge is 2.32. The summed E-state index contributed by atoms with van der Waals surface area (Å²) in [6, 6.07) is 14.0. The maximum Gasteiger partial charge on any atom is 0.260 e. The Morgan fingerprint density at radius 1 is 1.11 bits per heavy atom. The average molecular weight is 377 g/mol. The first kappa shape index (κ1) is 17.3. The number of fused-ring (bicyclic) bond motifs is 2. The maximum absolute atomic E-state index is 12.5.